The van der Waals surface area contributed by atoms with Gasteiger partial charge in [-0.1, -0.05) is 108 Å². The monoisotopic (exact) mass is 904 g/mol. The van der Waals surface area contributed by atoms with Gasteiger partial charge in [0.05, 0.1) is 57.7 Å². The van der Waals surface area contributed by atoms with Gasteiger partial charge in [0.15, 0.2) is 20.9 Å². The smallest absolute Gasteiger partial charge is 0.462 e. The zero-order valence-corrected chi connectivity index (χ0v) is 39.2. The first kappa shape index (κ1) is 49.8. The Labute approximate surface area is 366 Å². The molecule has 2 N–H and O–H groups in total. The first-order valence-corrected chi connectivity index (χ1v) is 25.8. The number of ether oxygens (including phenoxy) is 5. The van der Waals surface area contributed by atoms with Gasteiger partial charge in [-0.25, -0.2) is 4.57 Å². The van der Waals surface area contributed by atoms with Gasteiger partial charge in [-0.3, -0.25) is 23.2 Å². The second-order valence-corrected chi connectivity index (χ2v) is 24.1. The van der Waals surface area contributed by atoms with Crippen molar-refractivity contribution in [3.05, 3.63) is 81.7 Å². The van der Waals surface area contributed by atoms with E-state index in [-0.39, 0.29) is 50.9 Å². The van der Waals surface area contributed by atoms with Crippen LogP contribution in [0.4, 0.5) is 0 Å². The molecule has 5 rings (SSSR count). The van der Waals surface area contributed by atoms with Crippen LogP contribution in [0.1, 0.15) is 84.4 Å². The van der Waals surface area contributed by atoms with Crippen molar-refractivity contribution in [2.75, 3.05) is 13.2 Å². The fraction of sp³-hybridized carbons (Fsp3) is 0.674. The van der Waals surface area contributed by atoms with Crippen molar-refractivity contribution < 1.29 is 60.9 Å². The standard InChI is InChI=1S/C43H65N4O13PSi/c1-10-32(56-36(49)11-2)21-35(48)45-37-28(4)40(59-61(51)54-23-30-19-15-16-20-31(30)24-55-61)34(25-52-22-29-17-13-12-14-18-29)58-41(37)53-26-33-27(3)39(50)38(46-47-44)42(57-33)60-62(8,9)43(5,6)7/h12-20,27-28,32-34,37-42,50H,10-11,21-26H2,1-9H3,(H,45,48)/t27-,28-,32-,33?,34?,37?,38?,39+,40+,41-,42?/m1/s1. The zero-order chi connectivity index (χ0) is 45.2. The van der Waals surface area contributed by atoms with Gasteiger partial charge in [0, 0.05) is 23.2 Å². The van der Waals surface area contributed by atoms with Crippen molar-refractivity contribution in [3.63, 3.8) is 0 Å². The number of nitrogens with one attached hydrogen (secondary N) is 1. The number of phosphoric ester groups is 1. The summed E-state index contributed by atoms with van der Waals surface area (Å²) in [6.07, 6.45) is -6.36. The molecule has 1 amide bonds. The number of aliphatic hydroxyl groups is 1. The maximum absolute atomic E-state index is 14.4. The SMILES string of the molecule is CCC(=O)O[C@H](CC)CC(=O)NC1[C@H](OCC2OC(O[Si](C)(C)C(C)(C)C)C(N=[N+]=[N-])[C@@H](O)[C@@H]2C)OC(COCc2ccccc2)[C@@H](OP2(=O)OCc3ccccc3CO2)[C@@H]1C. The summed E-state index contributed by atoms with van der Waals surface area (Å²) in [6, 6.07) is 15.1. The minimum Gasteiger partial charge on any atom is -0.462 e. The molecule has 3 aliphatic rings. The molecule has 0 spiro atoms. The number of esters is 1. The van der Waals surface area contributed by atoms with Crippen molar-refractivity contribution in [2.24, 2.45) is 17.0 Å². The van der Waals surface area contributed by atoms with Crippen LogP contribution < -0.4 is 5.32 Å². The van der Waals surface area contributed by atoms with Gasteiger partial charge in [0.2, 0.25) is 5.91 Å². The summed E-state index contributed by atoms with van der Waals surface area (Å²) < 4.78 is 70.4. The largest absolute Gasteiger partial charge is 0.475 e. The lowest BCUT2D eigenvalue weighted by molar-refractivity contribution is -0.282. The molecular weight excluding hydrogens is 840 g/mol. The number of phosphoric acid groups is 1. The van der Waals surface area contributed by atoms with Gasteiger partial charge in [-0.2, -0.15) is 0 Å². The lowest BCUT2D eigenvalue weighted by Gasteiger charge is -2.48. The van der Waals surface area contributed by atoms with Crippen LogP contribution in [0.2, 0.25) is 18.1 Å². The molecule has 0 aliphatic carbocycles. The van der Waals surface area contributed by atoms with Gasteiger partial charge >= 0.3 is 13.8 Å². The van der Waals surface area contributed by atoms with Crippen molar-refractivity contribution in [2.45, 2.75) is 161 Å². The zero-order valence-electron chi connectivity index (χ0n) is 37.3. The molecular formula is C43H65N4O13PSi. The Morgan fingerprint density at radius 2 is 1.60 bits per heavy atom. The normalized spacial score (nSPS) is 29.3. The van der Waals surface area contributed by atoms with Crippen LogP contribution in [0, 0.1) is 11.8 Å². The average Bonchev–Trinajstić information content (AvgIpc) is 3.40. The molecule has 62 heavy (non-hydrogen) atoms. The number of carbonyl (C=O) groups excluding carboxylic acids is 2. The molecule has 5 unspecified atom stereocenters. The third-order valence-corrected chi connectivity index (χ3v) is 18.1. The minimum absolute atomic E-state index is 0.0164. The third kappa shape index (κ3) is 13.0. The highest BCUT2D eigenvalue weighted by molar-refractivity contribution is 7.48. The third-order valence-electron chi connectivity index (χ3n) is 12.2. The Kier molecular flexibility index (Phi) is 17.8. The number of amides is 1. The molecule has 0 saturated carbocycles. The Bertz CT molecular complexity index is 1850. The molecule has 0 radical (unpaired) electrons. The van der Waals surface area contributed by atoms with Crippen LogP contribution in [-0.4, -0.2) is 93.7 Å². The molecule has 0 bridgehead atoms. The van der Waals surface area contributed by atoms with E-state index >= 15 is 0 Å². The topological polar surface area (TPSA) is 215 Å². The van der Waals surface area contributed by atoms with Crippen molar-refractivity contribution in [3.8, 4) is 0 Å². The Morgan fingerprint density at radius 1 is 0.968 bits per heavy atom. The number of fused-ring (bicyclic) bond motifs is 1. The second kappa shape index (κ2) is 22.1. The fourth-order valence-electron chi connectivity index (χ4n) is 7.20. The molecule has 11 atom stereocenters. The minimum atomic E-state index is -4.24. The van der Waals surface area contributed by atoms with Crippen molar-refractivity contribution >= 4 is 28.0 Å². The van der Waals surface area contributed by atoms with E-state index in [1.54, 1.807) is 13.8 Å². The van der Waals surface area contributed by atoms with E-state index in [0.29, 0.717) is 6.42 Å². The number of rotatable bonds is 18. The molecule has 17 nitrogen and oxygen atoms in total. The van der Waals surface area contributed by atoms with Crippen LogP contribution in [-0.2, 0) is 75.7 Å². The number of azide groups is 1. The summed E-state index contributed by atoms with van der Waals surface area (Å²) in [5, 5.41) is 18.2. The molecule has 2 aromatic rings. The van der Waals surface area contributed by atoms with E-state index in [0.717, 1.165) is 16.7 Å². The van der Waals surface area contributed by atoms with E-state index in [1.807, 2.05) is 81.5 Å². The number of hydrogen-bond donors (Lipinski definition) is 2. The van der Waals surface area contributed by atoms with E-state index in [2.05, 4.69) is 36.1 Å². The second-order valence-electron chi connectivity index (χ2n) is 17.7. The number of carbonyl (C=O) groups is 2. The first-order valence-electron chi connectivity index (χ1n) is 21.5. The molecule has 344 valence electrons. The van der Waals surface area contributed by atoms with Crippen LogP contribution in [0.15, 0.2) is 59.7 Å². The Balaban J connectivity index is 1.44. The summed E-state index contributed by atoms with van der Waals surface area (Å²) in [5.41, 5.74) is 12.0. The predicted octanol–water partition coefficient (Wildman–Crippen LogP) is 7.85. The average molecular weight is 905 g/mol. The number of hydrogen-bond acceptors (Lipinski definition) is 14. The lowest BCUT2D eigenvalue weighted by Crippen LogP contribution is -2.63. The summed E-state index contributed by atoms with van der Waals surface area (Å²) in [4.78, 5) is 29.0. The van der Waals surface area contributed by atoms with Gasteiger partial charge in [-0.05, 0) is 46.8 Å². The van der Waals surface area contributed by atoms with E-state index in [4.69, 9.17) is 41.7 Å². The highest BCUT2D eigenvalue weighted by Gasteiger charge is 2.52. The molecule has 2 saturated heterocycles. The maximum atomic E-state index is 14.4. The Morgan fingerprint density at radius 3 is 2.19 bits per heavy atom. The van der Waals surface area contributed by atoms with Gasteiger partial charge in [0.1, 0.15) is 24.4 Å². The molecule has 0 aromatic heterocycles. The number of benzene rings is 2. The highest BCUT2D eigenvalue weighted by atomic mass is 31.2. The van der Waals surface area contributed by atoms with Gasteiger partial charge in [0.25, 0.3) is 0 Å². The van der Waals surface area contributed by atoms with Crippen LogP contribution in [0.3, 0.4) is 0 Å². The van der Waals surface area contributed by atoms with Crippen LogP contribution in [0.25, 0.3) is 10.4 Å². The highest BCUT2D eigenvalue weighted by Crippen LogP contribution is 2.55. The molecule has 3 aliphatic heterocycles. The van der Waals surface area contributed by atoms with Gasteiger partial charge in [-0.15, -0.1) is 0 Å². The predicted molar refractivity (Wildman–Crippen MR) is 230 cm³/mol. The van der Waals surface area contributed by atoms with Crippen LogP contribution in [0.5, 0.6) is 0 Å². The number of aliphatic hydroxyl groups excluding tert-OH is 1. The molecule has 3 heterocycles. The van der Waals surface area contributed by atoms with E-state index in [1.165, 1.54) is 0 Å². The van der Waals surface area contributed by atoms with Crippen LogP contribution >= 0.6 is 7.82 Å². The van der Waals surface area contributed by atoms with Gasteiger partial charge < -0.3 is 38.5 Å². The first-order chi connectivity index (χ1) is 29.4. The summed E-state index contributed by atoms with van der Waals surface area (Å²) in [5.74, 6) is -2.14. The molecule has 19 heteroatoms. The summed E-state index contributed by atoms with van der Waals surface area (Å²) in [7, 11) is -6.74. The van der Waals surface area contributed by atoms with Crippen molar-refractivity contribution in [1.29, 1.82) is 0 Å². The summed E-state index contributed by atoms with van der Waals surface area (Å²) >= 11 is 0. The van der Waals surface area contributed by atoms with Crippen molar-refractivity contribution in [1.82, 2.24) is 5.32 Å². The fourth-order valence-corrected chi connectivity index (χ4v) is 9.75. The summed E-state index contributed by atoms with van der Waals surface area (Å²) in [6.45, 7) is 17.4. The molecule has 2 fully saturated rings. The quantitative estimate of drug-likeness (QED) is 0.0364. The maximum Gasteiger partial charge on any atom is 0.475 e. The number of nitrogens with zero attached hydrogens (tertiary/aromatic N) is 3. The van der Waals surface area contributed by atoms with E-state index in [9.17, 15) is 24.8 Å². The Hall–Kier alpha value is -3.22. The molecule has 2 aromatic carbocycles. The lowest BCUT2D eigenvalue weighted by atomic mass is 9.88. The van der Waals surface area contributed by atoms with E-state index < -0.39 is 95.0 Å².